The molecule has 1 atom stereocenters. The Labute approximate surface area is 191 Å². The van der Waals surface area contributed by atoms with Gasteiger partial charge >= 0.3 is 0 Å². The Morgan fingerprint density at radius 1 is 1.28 bits per heavy atom. The van der Waals surface area contributed by atoms with Gasteiger partial charge in [-0.1, -0.05) is 0 Å². The molecule has 1 aromatic heterocycles. The number of aromatic nitrogens is 1. The van der Waals surface area contributed by atoms with Gasteiger partial charge in [-0.15, -0.1) is 16.8 Å². The van der Waals surface area contributed by atoms with Crippen molar-refractivity contribution in [2.75, 3.05) is 44.9 Å². The van der Waals surface area contributed by atoms with Crippen LogP contribution in [0.5, 0.6) is 5.75 Å². The topological polar surface area (TPSA) is 58.8 Å². The molecule has 0 radical (unpaired) electrons. The van der Waals surface area contributed by atoms with E-state index in [4.69, 9.17) is 14.1 Å². The molecule has 6 rings (SSSR count). The minimum atomic E-state index is 0.202. The van der Waals surface area contributed by atoms with Gasteiger partial charge in [0.1, 0.15) is 24.0 Å². The van der Waals surface area contributed by atoms with Crippen LogP contribution in [-0.4, -0.2) is 70.3 Å². The molecular formula is C24H27N4O3S+. The van der Waals surface area contributed by atoms with Crippen molar-refractivity contribution in [2.45, 2.75) is 18.8 Å². The maximum atomic E-state index is 13.0. The second-order valence-corrected chi connectivity index (χ2v) is 9.88. The average Bonchev–Trinajstić information content (AvgIpc) is 3.61. The highest BCUT2D eigenvalue weighted by molar-refractivity contribution is 7.99. The lowest BCUT2D eigenvalue weighted by Crippen LogP contribution is -2.56. The van der Waals surface area contributed by atoms with Crippen molar-refractivity contribution >= 4 is 28.8 Å². The minimum Gasteiger partial charge on any atom is -0.497 e. The maximum absolute atomic E-state index is 13.0. The number of carbonyl (C=O) groups is 1. The fraction of sp³-hybridized carbons (Fsp3) is 0.417. The lowest BCUT2D eigenvalue weighted by Gasteiger charge is -2.42. The number of rotatable bonds is 4. The summed E-state index contributed by atoms with van der Waals surface area (Å²) in [5, 5.41) is 2.49. The van der Waals surface area contributed by atoms with E-state index in [2.05, 4.69) is 29.4 Å². The fourth-order valence-corrected chi connectivity index (χ4v) is 6.19. The van der Waals surface area contributed by atoms with Crippen LogP contribution in [0, 0.1) is 0 Å². The summed E-state index contributed by atoms with van der Waals surface area (Å²) >= 11 is 1.83. The number of benzene rings is 1. The predicted molar refractivity (Wildman–Crippen MR) is 124 cm³/mol. The molecule has 4 aliphatic heterocycles. The van der Waals surface area contributed by atoms with Crippen molar-refractivity contribution in [1.82, 2.24) is 14.9 Å². The van der Waals surface area contributed by atoms with Crippen molar-refractivity contribution in [1.29, 1.82) is 0 Å². The Bertz CT molecular complexity index is 1160. The number of amides is 1. The van der Waals surface area contributed by atoms with E-state index in [-0.39, 0.29) is 5.91 Å². The molecule has 0 spiro atoms. The van der Waals surface area contributed by atoms with Crippen LogP contribution >= 0.6 is 11.8 Å². The normalized spacial score (nSPS) is 26.0. The summed E-state index contributed by atoms with van der Waals surface area (Å²) in [7, 11) is 1.66. The highest BCUT2D eigenvalue weighted by Gasteiger charge is 2.48. The summed E-state index contributed by atoms with van der Waals surface area (Å²) in [6.07, 6.45) is 10.6. The van der Waals surface area contributed by atoms with Gasteiger partial charge in [0.2, 0.25) is 0 Å². The predicted octanol–water partition coefficient (Wildman–Crippen LogP) is 3.63. The lowest BCUT2D eigenvalue weighted by atomic mass is 9.97. The van der Waals surface area contributed by atoms with Crippen LogP contribution in [0.4, 0.5) is 0 Å². The van der Waals surface area contributed by atoms with Crippen LogP contribution in [0.3, 0.4) is 0 Å². The Kier molecular flexibility index (Phi) is 4.89. The van der Waals surface area contributed by atoms with Crippen molar-refractivity contribution in [3.8, 4) is 5.75 Å². The lowest BCUT2D eigenvalue weighted by molar-refractivity contribution is -0.949. The number of oxazole rings is 1. The number of hydrogen-bond acceptors (Lipinski definition) is 6. The Morgan fingerprint density at radius 3 is 2.94 bits per heavy atom. The fourth-order valence-electron chi connectivity index (χ4n) is 5.25. The van der Waals surface area contributed by atoms with E-state index >= 15 is 0 Å². The molecule has 7 nitrogen and oxygen atoms in total. The molecule has 166 valence electrons. The number of thioether (sulfide) groups is 1. The molecule has 1 aromatic carbocycles. The van der Waals surface area contributed by atoms with Crippen LogP contribution in [0.15, 0.2) is 58.3 Å². The molecule has 8 heteroatoms. The average molecular weight is 452 g/mol. The molecule has 0 bridgehead atoms. The van der Waals surface area contributed by atoms with E-state index < -0.39 is 0 Å². The third-order valence-corrected chi connectivity index (χ3v) is 8.00. The zero-order valence-electron chi connectivity index (χ0n) is 18.2. The van der Waals surface area contributed by atoms with E-state index in [1.807, 2.05) is 34.9 Å². The van der Waals surface area contributed by atoms with Crippen LogP contribution < -0.4 is 4.74 Å². The van der Waals surface area contributed by atoms with Crippen molar-refractivity contribution in [2.24, 2.45) is 0 Å². The Hall–Kier alpha value is -2.55. The number of methoxy groups -OCH3 is 1. The molecule has 5 heterocycles. The number of fused-ring (bicyclic) bond motifs is 2. The van der Waals surface area contributed by atoms with Gasteiger partial charge in [-0.3, -0.25) is 4.79 Å². The molecule has 2 aromatic rings. The second-order valence-electron chi connectivity index (χ2n) is 8.81. The summed E-state index contributed by atoms with van der Waals surface area (Å²) in [4.78, 5) is 19.7. The number of allylic oxidation sites excluding steroid dienone is 3. The molecule has 32 heavy (non-hydrogen) atoms. The second kappa shape index (κ2) is 7.79. The molecule has 2 fully saturated rings. The number of nitrogens with zero attached hydrogens (tertiary/aromatic N) is 4. The van der Waals surface area contributed by atoms with Gasteiger partial charge in [-0.2, -0.15) is 4.59 Å². The zero-order valence-corrected chi connectivity index (χ0v) is 19.0. The van der Waals surface area contributed by atoms with E-state index in [0.29, 0.717) is 10.5 Å². The van der Waals surface area contributed by atoms with E-state index in [9.17, 15) is 4.79 Å². The van der Waals surface area contributed by atoms with Crippen molar-refractivity contribution < 1.29 is 18.5 Å². The quantitative estimate of drug-likeness (QED) is 0.662. The van der Waals surface area contributed by atoms with Gasteiger partial charge in [0.05, 0.1) is 18.6 Å². The number of hydrogen-bond donors (Lipinski definition) is 0. The van der Waals surface area contributed by atoms with Crippen LogP contribution in [0.25, 0.3) is 11.1 Å². The van der Waals surface area contributed by atoms with Crippen molar-refractivity contribution in [3.63, 3.8) is 0 Å². The highest BCUT2D eigenvalue weighted by Crippen LogP contribution is 2.41. The number of carbonyl (C=O) groups excluding carboxylic acids is 1. The minimum absolute atomic E-state index is 0.202. The number of quaternary nitrogens is 1. The van der Waals surface area contributed by atoms with E-state index in [1.54, 1.807) is 7.11 Å². The molecule has 0 unspecified atom stereocenters. The van der Waals surface area contributed by atoms with Gasteiger partial charge < -0.3 is 14.1 Å². The third kappa shape index (κ3) is 3.20. The number of ether oxygens (including phenoxy) is 1. The maximum Gasteiger partial charge on any atom is 0.256 e. The zero-order chi connectivity index (χ0) is 21.7. The smallest absolute Gasteiger partial charge is 0.256 e. The summed E-state index contributed by atoms with van der Waals surface area (Å²) < 4.78 is 12.1. The standard InChI is InChI=1S/C24H27N4O3S/c1-30-20-4-5-21-22(14-20)31-23(25-21)17-6-8-27(9-7-17)28-11-2-3-19(28)13-18(15-28)24(29)26-10-12-32-16-26/h2-5,11,13-14,17H,6-10,12,15-16H2,1H3/q+1/t28-/m1/s1. The van der Waals surface area contributed by atoms with Gasteiger partial charge in [0.15, 0.2) is 17.2 Å². The SMILES string of the molecule is COc1ccc2nc(C3CCN([N@@+]45C=CC=C4C=C(C(=O)N4CCSC4)C5)CC3)oc2c1. The van der Waals surface area contributed by atoms with Gasteiger partial charge in [-0.05, 0) is 31.1 Å². The molecule has 1 amide bonds. The first-order valence-electron chi connectivity index (χ1n) is 11.2. The van der Waals surface area contributed by atoms with Gasteiger partial charge in [-0.25, -0.2) is 4.98 Å². The van der Waals surface area contributed by atoms with Crippen LogP contribution in [-0.2, 0) is 4.79 Å². The largest absolute Gasteiger partial charge is 0.497 e. The first-order valence-corrected chi connectivity index (χ1v) is 12.4. The summed E-state index contributed by atoms with van der Waals surface area (Å²) in [5.74, 6) is 3.96. The van der Waals surface area contributed by atoms with E-state index in [1.165, 1.54) is 5.70 Å². The van der Waals surface area contributed by atoms with Crippen molar-refractivity contribution in [3.05, 3.63) is 59.8 Å². The number of piperidine rings is 1. The molecule has 0 saturated carbocycles. The molecule has 2 saturated heterocycles. The third-order valence-electron chi connectivity index (χ3n) is 7.03. The molecular weight excluding hydrogens is 424 g/mol. The Balaban J connectivity index is 1.16. The summed E-state index contributed by atoms with van der Waals surface area (Å²) in [6.45, 7) is 3.44. The van der Waals surface area contributed by atoms with Crippen LogP contribution in [0.2, 0.25) is 0 Å². The molecule has 4 aliphatic rings. The highest BCUT2D eigenvalue weighted by atomic mass is 32.2. The van der Waals surface area contributed by atoms with E-state index in [0.717, 1.165) is 79.0 Å². The summed E-state index contributed by atoms with van der Waals surface area (Å²) in [5.41, 5.74) is 3.79. The van der Waals surface area contributed by atoms with Gasteiger partial charge in [0.25, 0.3) is 5.91 Å². The monoisotopic (exact) mass is 451 g/mol. The summed E-state index contributed by atoms with van der Waals surface area (Å²) in [6, 6.07) is 5.77. The molecule has 0 N–H and O–H groups in total. The first-order chi connectivity index (χ1) is 15.7. The first kappa shape index (κ1) is 20.1. The van der Waals surface area contributed by atoms with Gasteiger partial charge in [0, 0.05) is 49.5 Å². The Morgan fingerprint density at radius 2 is 2.16 bits per heavy atom. The molecule has 0 aliphatic carbocycles. The van der Waals surface area contributed by atoms with Crippen LogP contribution in [0.1, 0.15) is 24.7 Å².